The van der Waals surface area contributed by atoms with Crippen LogP contribution in [0, 0.1) is 0 Å². The zero-order valence-corrected chi connectivity index (χ0v) is 8.09. The number of hydrogen-bond donors (Lipinski definition) is 2. The highest BCUT2D eigenvalue weighted by Gasteiger charge is 2.35. The van der Waals surface area contributed by atoms with Gasteiger partial charge in [0.15, 0.2) is 5.37 Å². The smallest absolute Gasteiger partial charge is 0.331 e. The minimum atomic E-state index is -0.768. The Morgan fingerprint density at radius 1 is 1.73 bits per heavy atom. The van der Waals surface area contributed by atoms with Crippen LogP contribution in [-0.2, 0) is 4.79 Å². The van der Waals surface area contributed by atoms with E-state index in [2.05, 4.69) is 5.32 Å². The summed E-state index contributed by atoms with van der Waals surface area (Å²) in [6.45, 7) is 4.84. The third-order valence-corrected chi connectivity index (χ3v) is 2.76. The van der Waals surface area contributed by atoms with Gasteiger partial charge in [-0.1, -0.05) is 0 Å². The Morgan fingerprint density at radius 3 is 2.45 bits per heavy atom. The van der Waals surface area contributed by atoms with E-state index in [-0.39, 0.29) is 17.2 Å². The molecule has 1 fully saturated rings. The summed E-state index contributed by atoms with van der Waals surface area (Å²) in [5, 5.41) is 11.1. The van der Waals surface area contributed by atoms with Crippen LogP contribution in [0.4, 0.5) is 0 Å². The van der Waals surface area contributed by atoms with Gasteiger partial charge in [0.05, 0.1) is 0 Å². The van der Waals surface area contributed by atoms with E-state index >= 15 is 0 Å². The third kappa shape index (κ3) is 2.89. The van der Waals surface area contributed by atoms with Crippen molar-refractivity contribution in [1.82, 2.24) is 5.32 Å². The second kappa shape index (κ2) is 3.65. The van der Waals surface area contributed by atoms with Gasteiger partial charge in [-0.2, -0.15) is 0 Å². The van der Waals surface area contributed by atoms with Crippen molar-refractivity contribution >= 4 is 30.1 Å². The Bertz CT molecular complexity index is 163. The highest BCUT2D eigenvalue weighted by atomic mass is 35.5. The predicted molar refractivity (Wildman–Crippen MR) is 48.3 cm³/mol. The van der Waals surface area contributed by atoms with Crippen LogP contribution in [0.15, 0.2) is 0 Å². The normalized spacial score (nSPS) is 27.6. The van der Waals surface area contributed by atoms with Gasteiger partial charge in [-0.15, -0.1) is 24.2 Å². The first-order valence-corrected chi connectivity index (χ1v) is 4.03. The summed E-state index contributed by atoms with van der Waals surface area (Å²) >= 11 is 1.47. The number of hydrogen-bond acceptors (Lipinski definition) is 3. The summed E-state index contributed by atoms with van der Waals surface area (Å²) in [4.78, 5) is 10.4. The lowest BCUT2D eigenvalue weighted by Gasteiger charge is -2.12. The molecule has 3 nitrogen and oxygen atoms in total. The zero-order valence-electron chi connectivity index (χ0n) is 6.46. The number of carboxylic acid groups (broad SMARTS) is 1. The van der Waals surface area contributed by atoms with E-state index in [9.17, 15) is 4.79 Å². The fourth-order valence-corrected chi connectivity index (χ4v) is 1.95. The maximum Gasteiger partial charge on any atom is 0.331 e. The molecule has 1 heterocycles. The molecule has 5 heteroatoms. The van der Waals surface area contributed by atoms with Crippen LogP contribution in [0.25, 0.3) is 0 Å². The molecule has 1 aliphatic rings. The summed E-state index contributed by atoms with van der Waals surface area (Å²) in [7, 11) is 0. The Morgan fingerprint density at radius 2 is 2.27 bits per heavy atom. The molecule has 1 saturated heterocycles. The van der Waals surface area contributed by atoms with Crippen LogP contribution >= 0.6 is 24.2 Å². The lowest BCUT2D eigenvalue weighted by atomic mass is 10.2. The van der Waals surface area contributed by atoms with E-state index in [4.69, 9.17) is 5.11 Å². The predicted octanol–water partition coefficient (Wildman–Crippen LogP) is 0.934. The van der Waals surface area contributed by atoms with E-state index in [0.717, 1.165) is 6.54 Å². The van der Waals surface area contributed by atoms with E-state index in [1.54, 1.807) is 0 Å². The minimum absolute atomic E-state index is 0. The van der Waals surface area contributed by atoms with Gasteiger partial charge in [-0.3, -0.25) is 5.32 Å². The highest BCUT2D eigenvalue weighted by molar-refractivity contribution is 8.02. The molecule has 2 N–H and O–H groups in total. The molecule has 1 rings (SSSR count). The van der Waals surface area contributed by atoms with Gasteiger partial charge in [0.25, 0.3) is 0 Å². The molecular formula is C6H12ClNO2S. The van der Waals surface area contributed by atoms with Gasteiger partial charge in [-0.25, -0.2) is 4.79 Å². The fourth-order valence-electron chi connectivity index (χ4n) is 0.879. The molecule has 0 saturated carbocycles. The molecule has 0 aromatic rings. The van der Waals surface area contributed by atoms with Crippen LogP contribution in [0.3, 0.4) is 0 Å². The molecule has 11 heavy (non-hydrogen) atoms. The Balaban J connectivity index is 0.000001000. The van der Waals surface area contributed by atoms with Gasteiger partial charge in [-0.05, 0) is 13.8 Å². The molecule has 0 radical (unpaired) electrons. The van der Waals surface area contributed by atoms with E-state index < -0.39 is 11.3 Å². The molecule has 66 valence electrons. The lowest BCUT2D eigenvalue weighted by Crippen LogP contribution is -2.28. The summed E-state index contributed by atoms with van der Waals surface area (Å²) < 4.78 is 0.0725. The van der Waals surface area contributed by atoms with Gasteiger partial charge in [0.2, 0.25) is 0 Å². The topological polar surface area (TPSA) is 49.3 Å². The van der Waals surface area contributed by atoms with Crippen LogP contribution in [0.2, 0.25) is 0 Å². The summed E-state index contributed by atoms with van der Waals surface area (Å²) in [6, 6.07) is 0. The first-order chi connectivity index (χ1) is 4.51. The van der Waals surface area contributed by atoms with Crippen molar-refractivity contribution in [2.75, 3.05) is 6.54 Å². The maximum absolute atomic E-state index is 10.4. The first kappa shape index (κ1) is 11.1. The zero-order chi connectivity index (χ0) is 7.78. The number of aliphatic carboxylic acids is 1. The molecule has 1 atom stereocenters. The number of carboxylic acids is 1. The second-order valence-corrected chi connectivity index (χ2v) is 4.79. The molecule has 0 aliphatic carbocycles. The van der Waals surface area contributed by atoms with Gasteiger partial charge in [0.1, 0.15) is 0 Å². The first-order valence-electron chi connectivity index (χ1n) is 3.15. The molecule has 0 aromatic heterocycles. The Labute approximate surface area is 76.3 Å². The van der Waals surface area contributed by atoms with Crippen molar-refractivity contribution in [2.24, 2.45) is 0 Å². The fraction of sp³-hybridized carbons (Fsp3) is 0.833. The van der Waals surface area contributed by atoms with Crippen molar-refractivity contribution in [3.05, 3.63) is 0 Å². The van der Waals surface area contributed by atoms with Gasteiger partial charge < -0.3 is 5.11 Å². The van der Waals surface area contributed by atoms with E-state index in [1.807, 2.05) is 13.8 Å². The number of nitrogens with one attached hydrogen (secondary N) is 1. The largest absolute Gasteiger partial charge is 0.479 e. The van der Waals surface area contributed by atoms with Crippen molar-refractivity contribution < 1.29 is 9.90 Å². The second-order valence-electron chi connectivity index (χ2n) is 2.98. The molecule has 0 unspecified atom stereocenters. The van der Waals surface area contributed by atoms with Crippen molar-refractivity contribution in [3.63, 3.8) is 0 Å². The lowest BCUT2D eigenvalue weighted by molar-refractivity contribution is -0.136. The Kier molecular flexibility index (Phi) is 3.67. The highest BCUT2D eigenvalue weighted by Crippen LogP contribution is 2.32. The molecule has 0 bridgehead atoms. The van der Waals surface area contributed by atoms with Crippen LogP contribution in [-0.4, -0.2) is 27.7 Å². The van der Waals surface area contributed by atoms with Gasteiger partial charge >= 0.3 is 5.97 Å². The average Bonchev–Trinajstić information content (AvgIpc) is 2.10. The molecule has 0 spiro atoms. The summed E-state index contributed by atoms with van der Waals surface area (Å²) in [6.07, 6.45) is 0. The average molecular weight is 198 g/mol. The van der Waals surface area contributed by atoms with Crippen molar-refractivity contribution in [3.8, 4) is 0 Å². The minimum Gasteiger partial charge on any atom is -0.479 e. The molecule has 0 amide bonds. The standard InChI is InChI=1S/C6H11NO2S.ClH/c1-6(2)3-7-4(10-6)5(8)9;/h4,7H,3H2,1-2H3,(H,8,9);1H/t4-;/m0./s1. The Hall–Kier alpha value is 0.0700. The molecule has 0 aromatic carbocycles. The van der Waals surface area contributed by atoms with Crippen molar-refractivity contribution in [1.29, 1.82) is 0 Å². The van der Waals surface area contributed by atoms with Gasteiger partial charge in [0, 0.05) is 11.3 Å². The number of thioether (sulfide) groups is 1. The molecular weight excluding hydrogens is 186 g/mol. The van der Waals surface area contributed by atoms with E-state index in [0.29, 0.717) is 0 Å². The summed E-state index contributed by atoms with van der Waals surface area (Å²) in [5.74, 6) is -0.768. The maximum atomic E-state index is 10.4. The number of carbonyl (C=O) groups is 1. The van der Waals surface area contributed by atoms with Crippen LogP contribution in [0.1, 0.15) is 13.8 Å². The van der Waals surface area contributed by atoms with Crippen LogP contribution in [0.5, 0.6) is 0 Å². The monoisotopic (exact) mass is 197 g/mol. The number of halogens is 1. The molecule has 1 aliphatic heterocycles. The quantitative estimate of drug-likeness (QED) is 0.657. The third-order valence-electron chi connectivity index (χ3n) is 1.37. The SMILES string of the molecule is CC1(C)CN[C@H](C(=O)O)S1.Cl. The van der Waals surface area contributed by atoms with E-state index in [1.165, 1.54) is 11.8 Å². The summed E-state index contributed by atoms with van der Waals surface area (Å²) in [5.41, 5.74) is 0. The number of rotatable bonds is 1. The van der Waals surface area contributed by atoms with Crippen molar-refractivity contribution in [2.45, 2.75) is 24.0 Å². The van der Waals surface area contributed by atoms with Crippen LogP contribution < -0.4 is 5.32 Å².